The molecule has 8 aromatic rings. The van der Waals surface area contributed by atoms with Gasteiger partial charge in [0.25, 0.3) is 0 Å². The fourth-order valence-electron chi connectivity index (χ4n) is 7.48. The zero-order valence-corrected chi connectivity index (χ0v) is 28.8. The van der Waals surface area contributed by atoms with Crippen molar-refractivity contribution in [1.82, 2.24) is 15.0 Å². The fraction of sp³-hybridized carbons (Fsp3) is 0.133. The standard InChI is InChI=1S/C45H35N3S/c1-44(2)36-18-12-11-17-35(36)39-37(45(44,3)4)26-25-34-33-24-23-32(27-38(33)49-40(34)39)28-19-21-31(22-20-28)43-47-41(29-13-7-5-8-14-29)46-42(48-43)30-15-9-6-10-16-30/h5-27H,1-4H3. The van der Waals surface area contributed by atoms with E-state index in [0.29, 0.717) is 17.5 Å². The Morgan fingerprint density at radius 1 is 0.429 bits per heavy atom. The minimum absolute atomic E-state index is 0.00376. The molecule has 0 aliphatic heterocycles. The molecule has 0 spiro atoms. The minimum atomic E-state index is -0.00376. The lowest BCUT2D eigenvalue weighted by atomic mass is 9.55. The molecule has 1 aliphatic rings. The van der Waals surface area contributed by atoms with Crippen molar-refractivity contribution in [2.45, 2.75) is 38.5 Å². The molecule has 49 heavy (non-hydrogen) atoms. The topological polar surface area (TPSA) is 38.7 Å². The van der Waals surface area contributed by atoms with E-state index in [2.05, 4.69) is 107 Å². The van der Waals surface area contributed by atoms with Gasteiger partial charge in [-0.05, 0) is 44.7 Å². The predicted molar refractivity (Wildman–Crippen MR) is 206 cm³/mol. The van der Waals surface area contributed by atoms with Gasteiger partial charge in [0.2, 0.25) is 0 Å². The molecule has 0 N–H and O–H groups in total. The molecule has 4 heteroatoms. The second kappa shape index (κ2) is 11.0. The van der Waals surface area contributed by atoms with Gasteiger partial charge in [-0.1, -0.05) is 161 Å². The highest BCUT2D eigenvalue weighted by Gasteiger charge is 2.46. The first-order valence-electron chi connectivity index (χ1n) is 16.9. The zero-order chi connectivity index (χ0) is 33.3. The number of thiophene rings is 1. The van der Waals surface area contributed by atoms with Gasteiger partial charge in [0, 0.05) is 42.4 Å². The highest BCUT2D eigenvalue weighted by atomic mass is 32.1. The smallest absolute Gasteiger partial charge is 0.164 e. The SMILES string of the molecule is CC1(C)c2ccccc2-c2c(ccc3c2sc2cc(-c4ccc(-c5nc(-c6ccccc6)nc(-c6ccccc6)n5)cc4)ccc23)C1(C)C. The Hall–Kier alpha value is -5.45. The van der Waals surface area contributed by atoms with Gasteiger partial charge < -0.3 is 0 Å². The summed E-state index contributed by atoms with van der Waals surface area (Å²) in [5.74, 6) is 2.00. The van der Waals surface area contributed by atoms with Crippen molar-refractivity contribution in [3.8, 4) is 56.4 Å². The van der Waals surface area contributed by atoms with Crippen LogP contribution in [0.15, 0.2) is 140 Å². The lowest BCUT2D eigenvalue weighted by Gasteiger charge is -2.48. The van der Waals surface area contributed by atoms with E-state index in [4.69, 9.17) is 15.0 Å². The summed E-state index contributed by atoms with van der Waals surface area (Å²) >= 11 is 1.92. The third-order valence-corrected chi connectivity index (χ3v) is 12.1. The summed E-state index contributed by atoms with van der Waals surface area (Å²) in [5.41, 5.74) is 10.9. The highest BCUT2D eigenvalue weighted by Crippen LogP contribution is 2.56. The molecule has 0 bridgehead atoms. The maximum absolute atomic E-state index is 4.92. The van der Waals surface area contributed by atoms with Gasteiger partial charge in [0.15, 0.2) is 17.5 Å². The monoisotopic (exact) mass is 649 g/mol. The van der Waals surface area contributed by atoms with Crippen LogP contribution in [0.1, 0.15) is 38.8 Å². The summed E-state index contributed by atoms with van der Waals surface area (Å²) in [5, 5.41) is 2.65. The van der Waals surface area contributed by atoms with Crippen molar-refractivity contribution in [2.75, 3.05) is 0 Å². The first-order valence-corrected chi connectivity index (χ1v) is 17.7. The quantitative estimate of drug-likeness (QED) is 0.190. The highest BCUT2D eigenvalue weighted by molar-refractivity contribution is 7.26. The van der Waals surface area contributed by atoms with Crippen LogP contribution in [0.5, 0.6) is 0 Å². The average molecular weight is 650 g/mol. The molecule has 9 rings (SSSR count). The Labute approximate surface area is 291 Å². The molecule has 0 radical (unpaired) electrons. The Balaban J connectivity index is 1.12. The van der Waals surface area contributed by atoms with E-state index in [1.807, 2.05) is 72.0 Å². The summed E-state index contributed by atoms with van der Waals surface area (Å²) < 4.78 is 2.69. The van der Waals surface area contributed by atoms with Crippen LogP contribution < -0.4 is 0 Å². The van der Waals surface area contributed by atoms with E-state index in [9.17, 15) is 0 Å². The van der Waals surface area contributed by atoms with Crippen molar-refractivity contribution < 1.29 is 0 Å². The zero-order valence-electron chi connectivity index (χ0n) is 28.0. The summed E-state index contributed by atoms with van der Waals surface area (Å²) in [4.78, 5) is 14.7. The van der Waals surface area contributed by atoms with Crippen LogP contribution in [-0.4, -0.2) is 15.0 Å². The van der Waals surface area contributed by atoms with Crippen molar-refractivity contribution in [1.29, 1.82) is 0 Å². The maximum atomic E-state index is 4.92. The van der Waals surface area contributed by atoms with E-state index in [0.717, 1.165) is 16.7 Å². The Bertz CT molecular complexity index is 2470. The lowest BCUT2D eigenvalue weighted by molar-refractivity contribution is 0.299. The molecular formula is C45H35N3S. The van der Waals surface area contributed by atoms with Crippen LogP contribution in [0.4, 0.5) is 0 Å². The fourth-order valence-corrected chi connectivity index (χ4v) is 8.78. The molecule has 0 saturated carbocycles. The van der Waals surface area contributed by atoms with Crippen LogP contribution >= 0.6 is 11.3 Å². The van der Waals surface area contributed by atoms with Crippen molar-refractivity contribution >= 4 is 31.5 Å². The molecule has 0 saturated heterocycles. The van der Waals surface area contributed by atoms with Crippen LogP contribution in [0.3, 0.4) is 0 Å². The van der Waals surface area contributed by atoms with Gasteiger partial charge in [0.1, 0.15) is 0 Å². The molecule has 6 aromatic carbocycles. The number of nitrogens with zero attached hydrogens (tertiary/aromatic N) is 3. The van der Waals surface area contributed by atoms with E-state index >= 15 is 0 Å². The second-order valence-corrected chi connectivity index (χ2v) is 15.1. The third kappa shape index (κ3) is 4.66. The summed E-state index contributed by atoms with van der Waals surface area (Å²) in [6.07, 6.45) is 0. The first kappa shape index (κ1) is 29.7. The predicted octanol–water partition coefficient (Wildman–Crippen LogP) is 12.1. The third-order valence-electron chi connectivity index (χ3n) is 10.9. The van der Waals surface area contributed by atoms with E-state index in [-0.39, 0.29) is 10.8 Å². The average Bonchev–Trinajstić information content (AvgIpc) is 3.53. The molecular weight excluding hydrogens is 615 g/mol. The number of benzene rings is 6. The molecule has 236 valence electrons. The molecule has 3 nitrogen and oxygen atoms in total. The largest absolute Gasteiger partial charge is 0.208 e. The summed E-state index contributed by atoms with van der Waals surface area (Å²) in [6, 6.07) is 49.5. The number of aromatic nitrogens is 3. The molecule has 0 unspecified atom stereocenters. The van der Waals surface area contributed by atoms with Crippen molar-refractivity contribution in [3.63, 3.8) is 0 Å². The Kier molecular flexibility index (Phi) is 6.69. The normalized spacial score (nSPS) is 14.4. The lowest BCUT2D eigenvalue weighted by Crippen LogP contribution is -2.43. The van der Waals surface area contributed by atoms with E-state index in [1.165, 1.54) is 53.6 Å². The van der Waals surface area contributed by atoms with Crippen LogP contribution in [-0.2, 0) is 10.8 Å². The Morgan fingerprint density at radius 2 is 0.918 bits per heavy atom. The minimum Gasteiger partial charge on any atom is -0.208 e. The van der Waals surface area contributed by atoms with E-state index < -0.39 is 0 Å². The van der Waals surface area contributed by atoms with Gasteiger partial charge in [0.05, 0.1) is 0 Å². The first-order chi connectivity index (χ1) is 23.8. The van der Waals surface area contributed by atoms with Gasteiger partial charge in [-0.3, -0.25) is 0 Å². The van der Waals surface area contributed by atoms with Gasteiger partial charge in [-0.2, -0.15) is 0 Å². The van der Waals surface area contributed by atoms with E-state index in [1.54, 1.807) is 0 Å². The number of fused-ring (bicyclic) bond motifs is 7. The van der Waals surface area contributed by atoms with Crippen molar-refractivity contribution in [2.24, 2.45) is 0 Å². The molecule has 2 heterocycles. The van der Waals surface area contributed by atoms with Crippen molar-refractivity contribution in [3.05, 3.63) is 151 Å². The van der Waals surface area contributed by atoms with Gasteiger partial charge in [-0.15, -0.1) is 11.3 Å². The number of hydrogen-bond donors (Lipinski definition) is 0. The van der Waals surface area contributed by atoms with Crippen LogP contribution in [0.2, 0.25) is 0 Å². The number of rotatable bonds is 4. The Morgan fingerprint density at radius 3 is 1.55 bits per heavy atom. The van der Waals surface area contributed by atoms with Crippen LogP contribution in [0, 0.1) is 0 Å². The van der Waals surface area contributed by atoms with Gasteiger partial charge >= 0.3 is 0 Å². The van der Waals surface area contributed by atoms with Crippen LogP contribution in [0.25, 0.3) is 76.6 Å². The van der Waals surface area contributed by atoms with Gasteiger partial charge in [-0.25, -0.2) is 15.0 Å². The summed E-state index contributed by atoms with van der Waals surface area (Å²) in [6.45, 7) is 9.61. The summed E-state index contributed by atoms with van der Waals surface area (Å²) in [7, 11) is 0. The molecule has 1 aliphatic carbocycles. The maximum Gasteiger partial charge on any atom is 0.164 e. The second-order valence-electron chi connectivity index (χ2n) is 14.1. The molecule has 0 fully saturated rings. The molecule has 2 aromatic heterocycles. The number of hydrogen-bond acceptors (Lipinski definition) is 4. The molecule has 0 atom stereocenters. The molecule has 0 amide bonds.